The summed E-state index contributed by atoms with van der Waals surface area (Å²) in [5.41, 5.74) is 0.575. The summed E-state index contributed by atoms with van der Waals surface area (Å²) in [5, 5.41) is 17.9. The molecular weight excluding hydrogens is 249 g/mol. The van der Waals surface area contributed by atoms with Crippen molar-refractivity contribution in [3.63, 3.8) is 0 Å². The number of hydrogen-bond donors (Lipinski definition) is 1. The summed E-state index contributed by atoms with van der Waals surface area (Å²) < 4.78 is 13.8. The van der Waals surface area contributed by atoms with Crippen molar-refractivity contribution in [3.8, 4) is 11.8 Å². The zero-order chi connectivity index (χ0) is 13.0. The van der Waals surface area contributed by atoms with Gasteiger partial charge in [-0.1, -0.05) is 12.1 Å². The molecule has 0 aliphatic carbocycles. The first-order valence-corrected chi connectivity index (χ1v) is 6.28. The highest BCUT2D eigenvalue weighted by atomic mass is 32.2. The Morgan fingerprint density at radius 1 is 1.17 bits per heavy atom. The second-order valence-electron chi connectivity index (χ2n) is 3.67. The van der Waals surface area contributed by atoms with E-state index in [-0.39, 0.29) is 11.3 Å². The summed E-state index contributed by atoms with van der Waals surface area (Å²) in [5.74, 6) is 0.204. The molecule has 0 saturated heterocycles. The SMILES string of the molecule is N#Cc1cccc(CSc2ccc(O)cc2)c1F. The van der Waals surface area contributed by atoms with Crippen LogP contribution in [0.3, 0.4) is 0 Å². The molecule has 2 aromatic carbocycles. The maximum atomic E-state index is 13.8. The van der Waals surface area contributed by atoms with Crippen molar-refractivity contribution in [2.24, 2.45) is 0 Å². The van der Waals surface area contributed by atoms with Crippen LogP contribution in [0.1, 0.15) is 11.1 Å². The number of phenols is 1. The molecule has 90 valence electrons. The van der Waals surface area contributed by atoms with E-state index >= 15 is 0 Å². The quantitative estimate of drug-likeness (QED) is 0.855. The van der Waals surface area contributed by atoms with Gasteiger partial charge in [-0.25, -0.2) is 4.39 Å². The Hall–Kier alpha value is -1.99. The maximum Gasteiger partial charge on any atom is 0.144 e. The van der Waals surface area contributed by atoms with E-state index < -0.39 is 5.82 Å². The molecule has 0 aliphatic rings. The van der Waals surface area contributed by atoms with E-state index in [0.717, 1.165) is 4.90 Å². The van der Waals surface area contributed by atoms with E-state index in [4.69, 9.17) is 10.4 Å². The maximum absolute atomic E-state index is 13.8. The number of halogens is 1. The van der Waals surface area contributed by atoms with Crippen LogP contribution in [-0.2, 0) is 5.75 Å². The summed E-state index contributed by atoms with van der Waals surface area (Å²) in [7, 11) is 0. The summed E-state index contributed by atoms with van der Waals surface area (Å²) >= 11 is 1.46. The van der Waals surface area contributed by atoms with Gasteiger partial charge in [-0.15, -0.1) is 11.8 Å². The molecule has 0 spiro atoms. The Bertz CT molecular complexity index is 590. The minimum Gasteiger partial charge on any atom is -0.508 e. The smallest absolute Gasteiger partial charge is 0.144 e. The summed E-state index contributed by atoms with van der Waals surface area (Å²) in [6.45, 7) is 0. The van der Waals surface area contributed by atoms with Crippen molar-refractivity contribution in [1.82, 2.24) is 0 Å². The highest BCUT2D eigenvalue weighted by Gasteiger charge is 2.07. The van der Waals surface area contributed by atoms with Gasteiger partial charge in [0, 0.05) is 10.6 Å². The molecule has 1 N–H and O–H groups in total. The third kappa shape index (κ3) is 2.82. The van der Waals surface area contributed by atoms with Crippen LogP contribution in [0.4, 0.5) is 4.39 Å². The minimum absolute atomic E-state index is 0.0683. The standard InChI is InChI=1S/C14H10FNOS/c15-14-10(8-16)2-1-3-11(14)9-18-13-6-4-12(17)5-7-13/h1-7,17H,9H2. The van der Waals surface area contributed by atoms with Crippen molar-refractivity contribution in [2.75, 3.05) is 0 Å². The zero-order valence-corrected chi connectivity index (χ0v) is 10.2. The van der Waals surface area contributed by atoms with Crippen LogP contribution in [-0.4, -0.2) is 5.11 Å². The van der Waals surface area contributed by atoms with Gasteiger partial charge in [-0.2, -0.15) is 5.26 Å². The molecule has 2 rings (SSSR count). The van der Waals surface area contributed by atoms with Crippen molar-refractivity contribution in [2.45, 2.75) is 10.6 Å². The van der Waals surface area contributed by atoms with Crippen LogP contribution in [0.2, 0.25) is 0 Å². The van der Waals surface area contributed by atoms with Gasteiger partial charge in [0.15, 0.2) is 0 Å². The molecule has 0 atom stereocenters. The van der Waals surface area contributed by atoms with Gasteiger partial charge in [-0.3, -0.25) is 0 Å². The summed E-state index contributed by atoms with van der Waals surface area (Å²) in [6.07, 6.45) is 0. The molecule has 0 saturated carbocycles. The molecule has 4 heteroatoms. The highest BCUT2D eigenvalue weighted by Crippen LogP contribution is 2.26. The van der Waals surface area contributed by atoms with Gasteiger partial charge in [0.1, 0.15) is 17.6 Å². The second-order valence-corrected chi connectivity index (χ2v) is 4.72. The third-order valence-electron chi connectivity index (χ3n) is 2.43. The van der Waals surface area contributed by atoms with Crippen LogP contribution in [0.25, 0.3) is 0 Å². The molecule has 0 bridgehead atoms. The fraction of sp³-hybridized carbons (Fsp3) is 0.0714. The monoisotopic (exact) mass is 259 g/mol. The fourth-order valence-corrected chi connectivity index (χ4v) is 2.35. The lowest BCUT2D eigenvalue weighted by atomic mass is 10.1. The highest BCUT2D eigenvalue weighted by molar-refractivity contribution is 7.98. The van der Waals surface area contributed by atoms with E-state index in [9.17, 15) is 4.39 Å². The molecule has 0 aliphatic heterocycles. The molecule has 0 unspecified atom stereocenters. The molecule has 0 heterocycles. The fourth-order valence-electron chi connectivity index (χ4n) is 1.48. The number of nitrogens with zero attached hydrogens (tertiary/aromatic N) is 1. The van der Waals surface area contributed by atoms with E-state index in [1.165, 1.54) is 17.8 Å². The number of aromatic hydroxyl groups is 1. The van der Waals surface area contributed by atoms with Crippen molar-refractivity contribution < 1.29 is 9.50 Å². The summed E-state index contributed by atoms with van der Waals surface area (Å²) in [6, 6.07) is 13.3. The lowest BCUT2D eigenvalue weighted by Gasteiger charge is -2.04. The predicted molar refractivity (Wildman–Crippen MR) is 68.8 cm³/mol. The van der Waals surface area contributed by atoms with E-state index in [1.807, 2.05) is 6.07 Å². The van der Waals surface area contributed by atoms with E-state index in [2.05, 4.69) is 0 Å². The first-order valence-electron chi connectivity index (χ1n) is 5.30. The Kier molecular flexibility index (Phi) is 3.85. The van der Waals surface area contributed by atoms with Gasteiger partial charge >= 0.3 is 0 Å². The van der Waals surface area contributed by atoms with Crippen LogP contribution < -0.4 is 0 Å². The number of nitriles is 1. The second kappa shape index (κ2) is 5.56. The molecule has 18 heavy (non-hydrogen) atoms. The number of hydrogen-bond acceptors (Lipinski definition) is 3. The summed E-state index contributed by atoms with van der Waals surface area (Å²) in [4.78, 5) is 0.939. The van der Waals surface area contributed by atoms with Gasteiger partial charge in [0.05, 0.1) is 5.56 Å². The largest absolute Gasteiger partial charge is 0.508 e. The van der Waals surface area contributed by atoms with Gasteiger partial charge < -0.3 is 5.11 Å². The Morgan fingerprint density at radius 3 is 2.56 bits per heavy atom. The molecule has 0 fully saturated rings. The molecular formula is C14H10FNOS. The normalized spacial score (nSPS) is 10.0. The topological polar surface area (TPSA) is 44.0 Å². The predicted octanol–water partition coefficient (Wildman–Crippen LogP) is 3.70. The van der Waals surface area contributed by atoms with Gasteiger partial charge in [0.2, 0.25) is 0 Å². The average Bonchev–Trinajstić information content (AvgIpc) is 2.39. The average molecular weight is 259 g/mol. The molecule has 0 amide bonds. The number of thioether (sulfide) groups is 1. The van der Waals surface area contributed by atoms with Gasteiger partial charge in [-0.05, 0) is 35.9 Å². The third-order valence-corrected chi connectivity index (χ3v) is 3.49. The molecule has 0 radical (unpaired) electrons. The Balaban J connectivity index is 2.11. The van der Waals surface area contributed by atoms with Crippen LogP contribution >= 0.6 is 11.8 Å². The number of rotatable bonds is 3. The van der Waals surface area contributed by atoms with Crippen LogP contribution in [0, 0.1) is 17.1 Å². The molecule has 2 nitrogen and oxygen atoms in total. The first-order chi connectivity index (χ1) is 8.70. The number of benzene rings is 2. The van der Waals surface area contributed by atoms with Gasteiger partial charge in [0.25, 0.3) is 0 Å². The molecule has 0 aromatic heterocycles. The van der Waals surface area contributed by atoms with E-state index in [1.54, 1.807) is 36.4 Å². The number of phenolic OH excluding ortho intramolecular Hbond substituents is 1. The lowest BCUT2D eigenvalue weighted by molar-refractivity contribution is 0.475. The van der Waals surface area contributed by atoms with Crippen molar-refractivity contribution in [1.29, 1.82) is 5.26 Å². The van der Waals surface area contributed by atoms with Crippen molar-refractivity contribution >= 4 is 11.8 Å². The van der Waals surface area contributed by atoms with Crippen molar-refractivity contribution in [3.05, 3.63) is 59.4 Å². The molecule has 2 aromatic rings. The minimum atomic E-state index is -0.453. The Labute approximate surface area is 109 Å². The van der Waals surface area contributed by atoms with E-state index in [0.29, 0.717) is 11.3 Å². The van der Waals surface area contributed by atoms with Crippen LogP contribution in [0.15, 0.2) is 47.4 Å². The zero-order valence-electron chi connectivity index (χ0n) is 9.43. The lowest BCUT2D eigenvalue weighted by Crippen LogP contribution is -1.91. The van der Waals surface area contributed by atoms with Crippen LogP contribution in [0.5, 0.6) is 5.75 Å². The first kappa shape index (κ1) is 12.5. The Morgan fingerprint density at radius 2 is 1.89 bits per heavy atom.